The van der Waals surface area contributed by atoms with Gasteiger partial charge in [0.05, 0.1) is 0 Å². The van der Waals surface area contributed by atoms with Crippen molar-refractivity contribution >= 4 is 31.3 Å². The Morgan fingerprint density at radius 1 is 0.609 bits per heavy atom. The topological polar surface area (TPSA) is 0 Å². The van der Waals surface area contributed by atoms with Crippen molar-refractivity contribution in [1.29, 1.82) is 0 Å². The minimum atomic E-state index is -2.83. The average molecular weight is 729 g/mol. The largest absolute Gasteiger partial charge is 0.147 e. The molecule has 6 rings (SSSR count). The second-order valence-corrected chi connectivity index (χ2v) is 21.7. The number of rotatable bonds is 4. The normalized spacial score (nSPS) is 13.9. The van der Waals surface area contributed by atoms with Crippen molar-refractivity contribution in [2.24, 2.45) is 5.41 Å². The molecule has 2 aliphatic carbocycles. The van der Waals surface area contributed by atoms with E-state index in [1.54, 1.807) is 20.9 Å². The summed E-state index contributed by atoms with van der Waals surface area (Å²) in [5.41, 5.74) is 13.6. The van der Waals surface area contributed by atoms with Gasteiger partial charge >= 0.3 is 276 Å². The average Bonchev–Trinajstić information content (AvgIpc) is 3.61. The molecule has 0 atom stereocenters. The van der Waals surface area contributed by atoms with E-state index in [0.29, 0.717) is 0 Å². The third-order valence-corrected chi connectivity index (χ3v) is 17.1. The SMILES string of the molecule is CC(C)(C)C1=CC[C]([Zr](=[C](c2ccccc2)c2ccccc2)[c]2c(C(C)(C)C)ccc3c2Cc2cc(C(C)(C)C)ccc2-3)=C1.Cl.Cl. The summed E-state index contributed by atoms with van der Waals surface area (Å²) in [6.45, 7) is 21.4. The van der Waals surface area contributed by atoms with Gasteiger partial charge in [-0.1, -0.05) is 0 Å². The predicted octanol–water partition coefficient (Wildman–Crippen LogP) is 11.5. The standard InChI is InChI=1S/C21H25.C13H10.C9H13.2ClH.Zr/c1-20(2,3)16-7-9-18-14(12-16)11-15-13-17(21(4,5)6)8-10-19(15)18;1-3-7-12(8-4-1)11-13-9-5-2-6-10-13;1-9(2,3)8-6-4-5-7-8;;;/h7-10,12H,11H2,1-6H3;1-10H;6-7H,4H2,1-3H3;2*1H;. The molecular formula is C43H50Cl2Zr. The Bertz CT molecular complexity index is 1780. The van der Waals surface area contributed by atoms with Crippen molar-refractivity contribution in [3.63, 3.8) is 0 Å². The molecule has 0 spiro atoms. The van der Waals surface area contributed by atoms with E-state index in [9.17, 15) is 0 Å². The van der Waals surface area contributed by atoms with Gasteiger partial charge < -0.3 is 0 Å². The number of hydrogen-bond acceptors (Lipinski definition) is 0. The van der Waals surface area contributed by atoms with E-state index in [0.717, 1.165) is 12.8 Å². The zero-order valence-corrected chi connectivity index (χ0v) is 33.1. The van der Waals surface area contributed by atoms with Crippen molar-refractivity contribution in [2.75, 3.05) is 0 Å². The van der Waals surface area contributed by atoms with Crippen LogP contribution in [0.2, 0.25) is 0 Å². The maximum Gasteiger partial charge on any atom is -0.147 e. The van der Waals surface area contributed by atoms with Crippen LogP contribution >= 0.6 is 24.8 Å². The second-order valence-electron chi connectivity index (χ2n) is 15.8. The van der Waals surface area contributed by atoms with Gasteiger partial charge in [-0.2, -0.15) is 0 Å². The van der Waals surface area contributed by atoms with Crippen LogP contribution in [-0.4, -0.2) is 3.21 Å². The molecule has 0 N–H and O–H groups in total. The summed E-state index contributed by atoms with van der Waals surface area (Å²) >= 11 is -2.83. The summed E-state index contributed by atoms with van der Waals surface area (Å²) in [6, 6.07) is 34.9. The molecule has 0 amide bonds. The molecule has 0 fully saturated rings. The summed E-state index contributed by atoms with van der Waals surface area (Å²) in [6.07, 6.45) is 7.26. The third kappa shape index (κ3) is 7.09. The third-order valence-electron chi connectivity index (χ3n) is 9.43. The number of hydrogen-bond donors (Lipinski definition) is 0. The van der Waals surface area contributed by atoms with E-state index in [2.05, 4.69) is 165 Å². The summed E-state index contributed by atoms with van der Waals surface area (Å²) in [4.78, 5) is 0. The Kier molecular flexibility index (Phi) is 10.9. The van der Waals surface area contributed by atoms with Crippen LogP contribution in [0.3, 0.4) is 0 Å². The van der Waals surface area contributed by atoms with E-state index < -0.39 is 21.3 Å². The first kappa shape index (κ1) is 36.5. The molecule has 0 radical (unpaired) electrons. The Hall–Kier alpha value is -2.31. The van der Waals surface area contributed by atoms with Crippen LogP contribution < -0.4 is 3.27 Å². The molecule has 2 aliphatic rings. The Morgan fingerprint density at radius 3 is 1.67 bits per heavy atom. The fraction of sp³-hybridized carbons (Fsp3) is 0.326. The molecule has 0 saturated carbocycles. The Morgan fingerprint density at radius 2 is 1.17 bits per heavy atom. The summed E-state index contributed by atoms with van der Waals surface area (Å²) in [7, 11) is 0. The molecule has 0 aliphatic heterocycles. The van der Waals surface area contributed by atoms with Crippen LogP contribution in [0.15, 0.2) is 112 Å². The maximum absolute atomic E-state index is 2.83. The minimum Gasteiger partial charge on any atom is -0.147 e. The van der Waals surface area contributed by atoms with Crippen LogP contribution in [0.5, 0.6) is 0 Å². The summed E-state index contributed by atoms with van der Waals surface area (Å²) in [5.74, 6) is 0. The van der Waals surface area contributed by atoms with Crippen LogP contribution in [0.1, 0.15) is 102 Å². The zero-order chi connectivity index (χ0) is 31.4. The Labute approximate surface area is 298 Å². The first-order chi connectivity index (χ1) is 20.7. The Balaban J connectivity index is 0.00000240. The van der Waals surface area contributed by atoms with E-state index in [4.69, 9.17) is 0 Å². The van der Waals surface area contributed by atoms with Gasteiger partial charge in [-0.05, 0) is 0 Å². The van der Waals surface area contributed by atoms with Crippen molar-refractivity contribution in [3.8, 4) is 11.1 Å². The smallest absolute Gasteiger partial charge is 0.147 e. The first-order valence-corrected chi connectivity index (χ1v) is 20.0. The number of allylic oxidation sites excluding steroid dienone is 4. The van der Waals surface area contributed by atoms with Crippen LogP contribution in [0.25, 0.3) is 11.1 Å². The molecule has 0 heterocycles. The van der Waals surface area contributed by atoms with Crippen molar-refractivity contribution in [2.45, 2.75) is 86.0 Å². The van der Waals surface area contributed by atoms with Crippen LogP contribution in [0, 0.1) is 5.41 Å². The fourth-order valence-electron chi connectivity index (χ4n) is 6.99. The van der Waals surface area contributed by atoms with E-state index in [-0.39, 0.29) is 41.1 Å². The molecule has 0 nitrogen and oxygen atoms in total. The molecule has 4 aromatic carbocycles. The van der Waals surface area contributed by atoms with E-state index >= 15 is 0 Å². The number of benzene rings is 4. The number of halogens is 2. The summed E-state index contributed by atoms with van der Waals surface area (Å²) in [5, 5.41) is 0. The number of fused-ring (bicyclic) bond motifs is 3. The van der Waals surface area contributed by atoms with Crippen molar-refractivity contribution in [3.05, 3.63) is 145 Å². The second kappa shape index (κ2) is 13.7. The summed E-state index contributed by atoms with van der Waals surface area (Å²) < 4.78 is 5.02. The zero-order valence-electron chi connectivity index (χ0n) is 29.0. The molecule has 240 valence electrons. The van der Waals surface area contributed by atoms with Gasteiger partial charge in [-0.25, -0.2) is 0 Å². The van der Waals surface area contributed by atoms with Gasteiger partial charge in [-0.15, -0.1) is 24.8 Å². The van der Waals surface area contributed by atoms with Crippen molar-refractivity contribution < 1.29 is 21.3 Å². The molecular weight excluding hydrogens is 679 g/mol. The van der Waals surface area contributed by atoms with Gasteiger partial charge in [0.15, 0.2) is 0 Å². The van der Waals surface area contributed by atoms with Gasteiger partial charge in [0.1, 0.15) is 0 Å². The molecule has 4 aromatic rings. The monoisotopic (exact) mass is 726 g/mol. The molecule has 3 heteroatoms. The van der Waals surface area contributed by atoms with Crippen LogP contribution in [-0.2, 0) is 38.5 Å². The van der Waals surface area contributed by atoms with E-state index in [1.807, 2.05) is 0 Å². The fourth-order valence-corrected chi connectivity index (χ4v) is 16.0. The van der Waals surface area contributed by atoms with Gasteiger partial charge in [-0.3, -0.25) is 0 Å². The minimum absolute atomic E-state index is 0. The molecule has 0 unspecified atom stereocenters. The van der Waals surface area contributed by atoms with Gasteiger partial charge in [0.2, 0.25) is 0 Å². The van der Waals surface area contributed by atoms with E-state index in [1.165, 1.54) is 39.0 Å². The molecule has 46 heavy (non-hydrogen) atoms. The maximum atomic E-state index is 2.63. The molecule has 0 aromatic heterocycles. The van der Waals surface area contributed by atoms with Gasteiger partial charge in [0.25, 0.3) is 0 Å². The predicted molar refractivity (Wildman–Crippen MR) is 203 cm³/mol. The van der Waals surface area contributed by atoms with Gasteiger partial charge in [0, 0.05) is 0 Å². The molecule has 0 bridgehead atoms. The first-order valence-electron chi connectivity index (χ1n) is 16.3. The van der Waals surface area contributed by atoms with Crippen LogP contribution in [0.4, 0.5) is 0 Å². The van der Waals surface area contributed by atoms with Crippen molar-refractivity contribution in [1.82, 2.24) is 0 Å². The molecule has 0 saturated heterocycles. The quantitative estimate of drug-likeness (QED) is 0.173.